The summed E-state index contributed by atoms with van der Waals surface area (Å²) >= 11 is 1.55. The quantitative estimate of drug-likeness (QED) is 0.846. The second-order valence-electron chi connectivity index (χ2n) is 4.65. The number of nitrogens with one attached hydrogen (secondary N) is 1. The molecular formula is C14H17N3OS. The highest BCUT2D eigenvalue weighted by atomic mass is 32.1. The van der Waals surface area contributed by atoms with Gasteiger partial charge in [0.2, 0.25) is 0 Å². The van der Waals surface area contributed by atoms with Crippen LogP contribution in [0.2, 0.25) is 0 Å². The highest BCUT2D eigenvalue weighted by Gasteiger charge is 2.14. The molecule has 1 atom stereocenters. The van der Waals surface area contributed by atoms with Gasteiger partial charge < -0.3 is 11.1 Å². The lowest BCUT2D eigenvalue weighted by Crippen LogP contribution is -2.26. The van der Waals surface area contributed by atoms with E-state index in [1.807, 2.05) is 38.3 Å². The fourth-order valence-electron chi connectivity index (χ4n) is 1.86. The minimum absolute atomic E-state index is 0.104. The molecule has 0 aliphatic carbocycles. The molecule has 0 bridgehead atoms. The van der Waals surface area contributed by atoms with Crippen LogP contribution in [0.1, 0.15) is 39.6 Å². The lowest BCUT2D eigenvalue weighted by molar-refractivity contribution is 0.0939. The van der Waals surface area contributed by atoms with Gasteiger partial charge in [-0.3, -0.25) is 4.79 Å². The van der Waals surface area contributed by atoms with E-state index in [-0.39, 0.29) is 11.9 Å². The van der Waals surface area contributed by atoms with Crippen LogP contribution >= 0.6 is 11.3 Å². The van der Waals surface area contributed by atoms with Crippen molar-refractivity contribution in [2.24, 2.45) is 0 Å². The molecule has 0 spiro atoms. The van der Waals surface area contributed by atoms with Crippen LogP contribution in [0.5, 0.6) is 0 Å². The van der Waals surface area contributed by atoms with Gasteiger partial charge >= 0.3 is 0 Å². The number of hydrogen-bond donors (Lipinski definition) is 2. The van der Waals surface area contributed by atoms with Crippen molar-refractivity contribution in [2.75, 3.05) is 5.73 Å². The van der Waals surface area contributed by atoms with Crippen LogP contribution in [0, 0.1) is 13.8 Å². The van der Waals surface area contributed by atoms with E-state index in [9.17, 15) is 4.79 Å². The number of aromatic nitrogens is 1. The first kappa shape index (κ1) is 13.5. The third-order valence-corrected chi connectivity index (χ3v) is 3.86. The highest BCUT2D eigenvalue weighted by molar-refractivity contribution is 7.09. The number of rotatable bonds is 3. The van der Waals surface area contributed by atoms with Crippen LogP contribution in [0.4, 0.5) is 5.69 Å². The number of amides is 1. The van der Waals surface area contributed by atoms with E-state index in [1.165, 1.54) is 0 Å². The summed E-state index contributed by atoms with van der Waals surface area (Å²) in [5.74, 6) is -0.129. The van der Waals surface area contributed by atoms with Gasteiger partial charge in [0.25, 0.3) is 5.91 Å². The Balaban J connectivity index is 2.12. The number of nitrogens with two attached hydrogens (primary N) is 1. The third kappa shape index (κ3) is 3.32. The maximum atomic E-state index is 12.1. The SMILES string of the molecule is Cc1cc(N)cc(C(=O)NC(C)c2nc(C)cs2)c1. The minimum atomic E-state index is -0.129. The monoisotopic (exact) mass is 275 g/mol. The van der Waals surface area contributed by atoms with E-state index in [1.54, 1.807) is 17.4 Å². The number of benzene rings is 1. The number of carbonyl (C=O) groups is 1. The second-order valence-corrected chi connectivity index (χ2v) is 5.54. The van der Waals surface area contributed by atoms with E-state index < -0.39 is 0 Å². The zero-order valence-corrected chi connectivity index (χ0v) is 12.0. The molecule has 0 saturated heterocycles. The van der Waals surface area contributed by atoms with Crippen molar-refractivity contribution in [1.29, 1.82) is 0 Å². The number of hydrogen-bond acceptors (Lipinski definition) is 4. The Bertz CT molecular complexity index is 586. The summed E-state index contributed by atoms with van der Waals surface area (Å²) in [6.45, 7) is 5.78. The maximum absolute atomic E-state index is 12.1. The van der Waals surface area contributed by atoms with Gasteiger partial charge in [0.15, 0.2) is 0 Å². The van der Waals surface area contributed by atoms with Gasteiger partial charge in [0.05, 0.1) is 6.04 Å². The molecule has 3 N–H and O–H groups in total. The van der Waals surface area contributed by atoms with Crippen LogP contribution in [-0.4, -0.2) is 10.9 Å². The van der Waals surface area contributed by atoms with Crippen molar-refractivity contribution >= 4 is 22.9 Å². The van der Waals surface area contributed by atoms with Crippen LogP contribution < -0.4 is 11.1 Å². The van der Waals surface area contributed by atoms with Crippen LogP contribution in [-0.2, 0) is 0 Å². The molecule has 100 valence electrons. The molecular weight excluding hydrogens is 258 g/mol. The van der Waals surface area contributed by atoms with E-state index >= 15 is 0 Å². The fraction of sp³-hybridized carbons (Fsp3) is 0.286. The Labute approximate surface area is 116 Å². The zero-order chi connectivity index (χ0) is 14.0. The summed E-state index contributed by atoms with van der Waals surface area (Å²) in [4.78, 5) is 16.5. The van der Waals surface area contributed by atoms with Gasteiger partial charge in [-0.1, -0.05) is 0 Å². The lowest BCUT2D eigenvalue weighted by Gasteiger charge is -2.12. The number of thiazole rings is 1. The molecule has 2 aromatic rings. The molecule has 4 nitrogen and oxygen atoms in total. The Morgan fingerprint density at radius 3 is 2.68 bits per heavy atom. The summed E-state index contributed by atoms with van der Waals surface area (Å²) in [6, 6.07) is 5.24. The van der Waals surface area contributed by atoms with E-state index in [0.29, 0.717) is 11.3 Å². The molecule has 0 radical (unpaired) electrons. The average molecular weight is 275 g/mol. The molecule has 1 aromatic carbocycles. The first-order chi connectivity index (χ1) is 8.95. The minimum Gasteiger partial charge on any atom is -0.399 e. The summed E-state index contributed by atoms with van der Waals surface area (Å²) in [5.41, 5.74) is 8.88. The summed E-state index contributed by atoms with van der Waals surface area (Å²) in [5, 5.41) is 5.82. The molecule has 1 amide bonds. The van der Waals surface area contributed by atoms with Crippen LogP contribution in [0.25, 0.3) is 0 Å². The number of nitrogen functional groups attached to an aromatic ring is 1. The molecule has 19 heavy (non-hydrogen) atoms. The second kappa shape index (κ2) is 5.40. The normalized spacial score (nSPS) is 12.2. The van der Waals surface area contributed by atoms with Crippen molar-refractivity contribution in [3.8, 4) is 0 Å². The molecule has 1 heterocycles. The van der Waals surface area contributed by atoms with Crippen molar-refractivity contribution in [3.63, 3.8) is 0 Å². The average Bonchev–Trinajstić information content (AvgIpc) is 2.74. The molecule has 0 aliphatic heterocycles. The summed E-state index contributed by atoms with van der Waals surface area (Å²) in [6.07, 6.45) is 0. The number of aryl methyl sites for hydroxylation is 2. The topological polar surface area (TPSA) is 68.0 Å². The smallest absolute Gasteiger partial charge is 0.251 e. The van der Waals surface area contributed by atoms with Crippen LogP contribution in [0.3, 0.4) is 0 Å². The molecule has 0 saturated carbocycles. The Hall–Kier alpha value is -1.88. The maximum Gasteiger partial charge on any atom is 0.251 e. The first-order valence-electron chi connectivity index (χ1n) is 6.06. The number of nitrogens with zero attached hydrogens (tertiary/aromatic N) is 1. The predicted octanol–water partition coefficient (Wildman–Crippen LogP) is 2.83. The van der Waals surface area contributed by atoms with Crippen molar-refractivity contribution < 1.29 is 4.79 Å². The summed E-state index contributed by atoms with van der Waals surface area (Å²) in [7, 11) is 0. The zero-order valence-electron chi connectivity index (χ0n) is 11.2. The van der Waals surface area contributed by atoms with Crippen molar-refractivity contribution in [3.05, 3.63) is 45.4 Å². The van der Waals surface area contributed by atoms with E-state index in [2.05, 4.69) is 10.3 Å². The largest absolute Gasteiger partial charge is 0.399 e. The van der Waals surface area contributed by atoms with Gasteiger partial charge in [-0.25, -0.2) is 4.98 Å². The van der Waals surface area contributed by atoms with Crippen molar-refractivity contribution in [2.45, 2.75) is 26.8 Å². The molecule has 2 rings (SSSR count). The van der Waals surface area contributed by atoms with Gasteiger partial charge in [-0.2, -0.15) is 0 Å². The van der Waals surface area contributed by atoms with Gasteiger partial charge in [0.1, 0.15) is 5.01 Å². The highest BCUT2D eigenvalue weighted by Crippen LogP contribution is 2.18. The molecule has 5 heteroatoms. The van der Waals surface area contributed by atoms with Gasteiger partial charge in [-0.05, 0) is 44.5 Å². The molecule has 0 aliphatic rings. The Morgan fingerprint density at radius 1 is 1.37 bits per heavy atom. The molecule has 1 aromatic heterocycles. The third-order valence-electron chi connectivity index (χ3n) is 2.72. The number of anilines is 1. The standard InChI is InChI=1S/C14H17N3OS/c1-8-4-11(6-12(15)5-8)13(18)17-10(3)14-16-9(2)7-19-14/h4-7,10H,15H2,1-3H3,(H,17,18). The van der Waals surface area contributed by atoms with E-state index in [4.69, 9.17) is 5.73 Å². The van der Waals surface area contributed by atoms with Gasteiger partial charge in [0, 0.05) is 22.3 Å². The lowest BCUT2D eigenvalue weighted by atomic mass is 10.1. The van der Waals surface area contributed by atoms with Crippen LogP contribution in [0.15, 0.2) is 23.6 Å². The number of carbonyl (C=O) groups excluding carboxylic acids is 1. The Kier molecular flexibility index (Phi) is 3.85. The first-order valence-corrected chi connectivity index (χ1v) is 6.93. The predicted molar refractivity (Wildman–Crippen MR) is 78.3 cm³/mol. The molecule has 1 unspecified atom stereocenters. The van der Waals surface area contributed by atoms with E-state index in [0.717, 1.165) is 16.3 Å². The van der Waals surface area contributed by atoms with Crippen molar-refractivity contribution in [1.82, 2.24) is 10.3 Å². The fourth-order valence-corrected chi connectivity index (χ4v) is 2.66. The van der Waals surface area contributed by atoms with Gasteiger partial charge in [-0.15, -0.1) is 11.3 Å². The Morgan fingerprint density at radius 2 is 2.11 bits per heavy atom. The molecule has 0 fully saturated rings. The summed E-state index contributed by atoms with van der Waals surface area (Å²) < 4.78 is 0.